The van der Waals surface area contributed by atoms with Crippen LogP contribution in [0.15, 0.2) is 0 Å². The number of likely N-dealkylation sites (N-methyl/N-ethyl adjacent to an activating group) is 1. The van der Waals surface area contributed by atoms with Gasteiger partial charge in [0.15, 0.2) is 0 Å². The molecule has 3 atom stereocenters. The Morgan fingerprint density at radius 1 is 1.35 bits per heavy atom. The molecule has 1 amide bonds. The number of nitrogens with one attached hydrogen (secondary N) is 2. The van der Waals surface area contributed by atoms with Crippen molar-refractivity contribution in [2.45, 2.75) is 46.2 Å². The molecular formula is C13H27N3O. The number of amides is 1. The highest BCUT2D eigenvalue weighted by Gasteiger charge is 2.27. The second-order valence-corrected chi connectivity index (χ2v) is 5.16. The van der Waals surface area contributed by atoms with Crippen molar-refractivity contribution in [1.29, 1.82) is 0 Å². The van der Waals surface area contributed by atoms with E-state index in [1.807, 2.05) is 4.90 Å². The fourth-order valence-corrected chi connectivity index (χ4v) is 2.06. The molecule has 0 aliphatic carbocycles. The minimum Gasteiger partial charge on any atom is -0.341 e. The second-order valence-electron chi connectivity index (χ2n) is 5.16. The molecule has 0 spiro atoms. The van der Waals surface area contributed by atoms with E-state index in [4.69, 9.17) is 0 Å². The third-order valence-corrected chi connectivity index (χ3v) is 3.56. The van der Waals surface area contributed by atoms with Crippen LogP contribution in [0, 0.1) is 5.92 Å². The molecule has 4 nitrogen and oxygen atoms in total. The van der Waals surface area contributed by atoms with Crippen LogP contribution in [-0.4, -0.2) is 49.1 Å². The Kier molecular flexibility index (Phi) is 5.92. The van der Waals surface area contributed by atoms with Crippen molar-refractivity contribution in [1.82, 2.24) is 15.5 Å². The number of nitrogens with zero attached hydrogens (tertiary/aromatic N) is 1. The van der Waals surface area contributed by atoms with Crippen LogP contribution >= 0.6 is 0 Å². The monoisotopic (exact) mass is 241 g/mol. The Bertz CT molecular complexity index is 237. The molecule has 100 valence electrons. The van der Waals surface area contributed by atoms with Gasteiger partial charge in [0.1, 0.15) is 0 Å². The predicted molar refractivity (Wildman–Crippen MR) is 71.0 cm³/mol. The molecule has 1 heterocycles. The quantitative estimate of drug-likeness (QED) is 0.749. The van der Waals surface area contributed by atoms with Crippen molar-refractivity contribution in [3.63, 3.8) is 0 Å². The third kappa shape index (κ3) is 4.28. The zero-order chi connectivity index (χ0) is 12.8. The fraction of sp³-hybridized carbons (Fsp3) is 0.923. The summed E-state index contributed by atoms with van der Waals surface area (Å²) in [6.07, 6.45) is 1.12. The molecule has 0 aromatic carbocycles. The van der Waals surface area contributed by atoms with Gasteiger partial charge in [-0.2, -0.15) is 0 Å². The highest BCUT2D eigenvalue weighted by atomic mass is 16.2. The van der Waals surface area contributed by atoms with E-state index >= 15 is 0 Å². The number of carbonyl (C=O) groups excluding carboxylic acids is 1. The standard InChI is InChI=1S/C13H27N3O/c1-5-10(3)9-16(6-2)13(17)12-8-14-11(4)7-15-12/h10-12,14-15H,5-9H2,1-4H3. The summed E-state index contributed by atoms with van der Waals surface area (Å²) in [5.74, 6) is 0.821. The number of piperazine rings is 1. The number of hydrogen-bond acceptors (Lipinski definition) is 3. The summed E-state index contributed by atoms with van der Waals surface area (Å²) < 4.78 is 0. The van der Waals surface area contributed by atoms with Crippen LogP contribution < -0.4 is 10.6 Å². The molecule has 0 radical (unpaired) electrons. The van der Waals surface area contributed by atoms with Crippen molar-refractivity contribution in [2.75, 3.05) is 26.2 Å². The Morgan fingerprint density at radius 2 is 2.06 bits per heavy atom. The molecule has 1 fully saturated rings. The van der Waals surface area contributed by atoms with Gasteiger partial charge >= 0.3 is 0 Å². The van der Waals surface area contributed by atoms with Crippen LogP contribution in [0.2, 0.25) is 0 Å². The van der Waals surface area contributed by atoms with Crippen LogP contribution in [0.1, 0.15) is 34.1 Å². The van der Waals surface area contributed by atoms with E-state index in [0.717, 1.165) is 32.6 Å². The van der Waals surface area contributed by atoms with Crippen molar-refractivity contribution >= 4 is 5.91 Å². The highest BCUT2D eigenvalue weighted by Crippen LogP contribution is 2.07. The normalized spacial score (nSPS) is 26.6. The van der Waals surface area contributed by atoms with Crippen LogP contribution in [0.3, 0.4) is 0 Å². The summed E-state index contributed by atoms with van der Waals surface area (Å²) in [4.78, 5) is 14.3. The van der Waals surface area contributed by atoms with Crippen LogP contribution in [0.25, 0.3) is 0 Å². The molecule has 0 bridgehead atoms. The largest absolute Gasteiger partial charge is 0.341 e. The molecule has 2 N–H and O–H groups in total. The van der Waals surface area contributed by atoms with E-state index in [-0.39, 0.29) is 11.9 Å². The maximum Gasteiger partial charge on any atom is 0.241 e. The van der Waals surface area contributed by atoms with Gasteiger partial charge in [-0.1, -0.05) is 20.3 Å². The van der Waals surface area contributed by atoms with Gasteiger partial charge in [0, 0.05) is 32.2 Å². The number of carbonyl (C=O) groups is 1. The van der Waals surface area contributed by atoms with Crippen LogP contribution in [-0.2, 0) is 4.79 Å². The first-order chi connectivity index (χ1) is 8.08. The lowest BCUT2D eigenvalue weighted by molar-refractivity contribution is -0.134. The van der Waals surface area contributed by atoms with Gasteiger partial charge in [-0.25, -0.2) is 0 Å². The lowest BCUT2D eigenvalue weighted by Gasteiger charge is -2.33. The second kappa shape index (κ2) is 6.97. The van der Waals surface area contributed by atoms with E-state index in [1.165, 1.54) is 0 Å². The molecule has 0 aromatic heterocycles. The first-order valence-corrected chi connectivity index (χ1v) is 6.84. The molecule has 3 unspecified atom stereocenters. The minimum atomic E-state index is -0.0461. The SMILES string of the molecule is CCC(C)CN(CC)C(=O)C1CNC(C)CN1. The topological polar surface area (TPSA) is 44.4 Å². The van der Waals surface area contributed by atoms with Gasteiger partial charge in [-0.05, 0) is 19.8 Å². The van der Waals surface area contributed by atoms with Crippen molar-refractivity contribution in [3.05, 3.63) is 0 Å². The Balaban J connectivity index is 2.48. The highest BCUT2D eigenvalue weighted by molar-refractivity contribution is 5.82. The summed E-state index contributed by atoms with van der Waals surface area (Å²) in [5.41, 5.74) is 0. The molecule has 0 saturated carbocycles. The maximum absolute atomic E-state index is 12.3. The zero-order valence-electron chi connectivity index (χ0n) is 11.6. The van der Waals surface area contributed by atoms with E-state index in [1.54, 1.807) is 0 Å². The summed E-state index contributed by atoms with van der Waals surface area (Å²) in [5, 5.41) is 6.67. The zero-order valence-corrected chi connectivity index (χ0v) is 11.6. The summed E-state index contributed by atoms with van der Waals surface area (Å²) >= 11 is 0. The number of rotatable bonds is 5. The lowest BCUT2D eigenvalue weighted by Crippen LogP contribution is -2.59. The van der Waals surface area contributed by atoms with Gasteiger partial charge in [0.05, 0.1) is 6.04 Å². The number of hydrogen-bond donors (Lipinski definition) is 2. The Morgan fingerprint density at radius 3 is 2.53 bits per heavy atom. The summed E-state index contributed by atoms with van der Waals surface area (Å²) in [7, 11) is 0. The molecule has 0 aromatic rings. The molecule has 4 heteroatoms. The summed E-state index contributed by atoms with van der Waals surface area (Å²) in [6, 6.07) is 0.416. The molecule has 1 aliphatic rings. The molecule has 1 aliphatic heterocycles. The Hall–Kier alpha value is -0.610. The fourth-order valence-electron chi connectivity index (χ4n) is 2.06. The van der Waals surface area contributed by atoms with Gasteiger partial charge in [-0.3, -0.25) is 4.79 Å². The lowest BCUT2D eigenvalue weighted by atomic mass is 10.1. The van der Waals surface area contributed by atoms with Crippen LogP contribution in [0.5, 0.6) is 0 Å². The first kappa shape index (κ1) is 14.5. The molecule has 1 saturated heterocycles. The van der Waals surface area contributed by atoms with Gasteiger partial charge in [-0.15, -0.1) is 0 Å². The molecule has 17 heavy (non-hydrogen) atoms. The smallest absolute Gasteiger partial charge is 0.241 e. The van der Waals surface area contributed by atoms with Crippen molar-refractivity contribution < 1.29 is 4.79 Å². The minimum absolute atomic E-state index is 0.0461. The average Bonchev–Trinajstić information content (AvgIpc) is 2.35. The van der Waals surface area contributed by atoms with Crippen molar-refractivity contribution in [3.8, 4) is 0 Å². The van der Waals surface area contributed by atoms with E-state index < -0.39 is 0 Å². The Labute approximate surface area is 105 Å². The van der Waals surface area contributed by atoms with E-state index in [9.17, 15) is 4.79 Å². The average molecular weight is 241 g/mol. The van der Waals surface area contributed by atoms with Crippen molar-refractivity contribution in [2.24, 2.45) is 5.92 Å². The summed E-state index contributed by atoms with van der Waals surface area (Å²) in [6.45, 7) is 11.9. The van der Waals surface area contributed by atoms with E-state index in [0.29, 0.717) is 12.0 Å². The first-order valence-electron chi connectivity index (χ1n) is 6.84. The molecular weight excluding hydrogens is 214 g/mol. The van der Waals surface area contributed by atoms with Crippen LogP contribution in [0.4, 0.5) is 0 Å². The maximum atomic E-state index is 12.3. The van der Waals surface area contributed by atoms with Gasteiger partial charge in [0.2, 0.25) is 5.91 Å². The molecule has 1 rings (SSSR count). The predicted octanol–water partition coefficient (Wildman–Crippen LogP) is 0.831. The van der Waals surface area contributed by atoms with Gasteiger partial charge in [0.25, 0.3) is 0 Å². The van der Waals surface area contributed by atoms with E-state index in [2.05, 4.69) is 38.3 Å². The third-order valence-electron chi connectivity index (χ3n) is 3.56. The van der Waals surface area contributed by atoms with Gasteiger partial charge < -0.3 is 15.5 Å².